The molecular formula is C12H14F3N3O2. The van der Waals surface area contributed by atoms with E-state index in [-0.39, 0.29) is 12.3 Å². The fraction of sp³-hybridized carbons (Fsp3) is 0.333. The number of amides is 1. The SMILES string of the molecule is CC(CC(N)=NO)N(C)C(=O)c1c(F)cc(F)cc1F. The summed E-state index contributed by atoms with van der Waals surface area (Å²) in [5, 5.41) is 11.2. The van der Waals surface area contributed by atoms with E-state index in [9.17, 15) is 18.0 Å². The van der Waals surface area contributed by atoms with Crippen LogP contribution in [0.3, 0.4) is 0 Å². The molecule has 8 heteroatoms. The number of carbonyl (C=O) groups is 1. The first kappa shape index (κ1) is 15.8. The molecule has 110 valence electrons. The number of carbonyl (C=O) groups excluding carboxylic acids is 1. The van der Waals surface area contributed by atoms with Crippen molar-refractivity contribution < 1.29 is 23.2 Å². The number of oxime groups is 1. The topological polar surface area (TPSA) is 78.9 Å². The minimum Gasteiger partial charge on any atom is -0.409 e. The van der Waals surface area contributed by atoms with Crippen LogP contribution in [0.4, 0.5) is 13.2 Å². The lowest BCUT2D eigenvalue weighted by molar-refractivity contribution is 0.0737. The molecule has 1 amide bonds. The normalized spacial score (nSPS) is 13.2. The van der Waals surface area contributed by atoms with E-state index < -0.39 is 35.0 Å². The molecule has 3 N–H and O–H groups in total. The molecule has 0 radical (unpaired) electrons. The van der Waals surface area contributed by atoms with Gasteiger partial charge in [-0.1, -0.05) is 5.16 Å². The first-order valence-corrected chi connectivity index (χ1v) is 5.66. The van der Waals surface area contributed by atoms with Crippen molar-refractivity contribution in [3.63, 3.8) is 0 Å². The largest absolute Gasteiger partial charge is 0.409 e. The lowest BCUT2D eigenvalue weighted by atomic mass is 10.1. The Morgan fingerprint density at radius 2 is 1.90 bits per heavy atom. The van der Waals surface area contributed by atoms with Crippen LogP contribution in [-0.2, 0) is 0 Å². The summed E-state index contributed by atoms with van der Waals surface area (Å²) in [6.45, 7) is 1.55. The average Bonchev–Trinajstić information content (AvgIpc) is 2.36. The summed E-state index contributed by atoms with van der Waals surface area (Å²) in [5.41, 5.74) is 4.45. The lowest BCUT2D eigenvalue weighted by Gasteiger charge is -2.24. The molecule has 1 atom stereocenters. The highest BCUT2D eigenvalue weighted by molar-refractivity contribution is 5.95. The van der Waals surface area contributed by atoms with E-state index in [0.717, 1.165) is 4.90 Å². The predicted octanol–water partition coefficient (Wildman–Crippen LogP) is 1.70. The number of nitrogens with zero attached hydrogens (tertiary/aromatic N) is 2. The summed E-state index contributed by atoms with van der Waals surface area (Å²) in [6, 6.07) is 0.291. The Kier molecular flexibility index (Phi) is 4.95. The third kappa shape index (κ3) is 3.40. The van der Waals surface area contributed by atoms with Crippen LogP contribution in [0.5, 0.6) is 0 Å². The quantitative estimate of drug-likeness (QED) is 0.383. The molecule has 0 fully saturated rings. The summed E-state index contributed by atoms with van der Waals surface area (Å²) in [5.74, 6) is -4.76. The first-order valence-electron chi connectivity index (χ1n) is 5.66. The fourth-order valence-corrected chi connectivity index (χ4v) is 1.60. The number of halogens is 3. The number of benzene rings is 1. The molecule has 1 aromatic rings. The van der Waals surface area contributed by atoms with E-state index in [2.05, 4.69) is 5.16 Å². The van der Waals surface area contributed by atoms with Crippen LogP contribution in [0.2, 0.25) is 0 Å². The minimum absolute atomic E-state index is 0.0170. The van der Waals surface area contributed by atoms with E-state index in [1.54, 1.807) is 6.92 Å². The molecule has 20 heavy (non-hydrogen) atoms. The summed E-state index contributed by atoms with van der Waals surface area (Å²) in [7, 11) is 1.31. The highest BCUT2D eigenvalue weighted by atomic mass is 19.1. The molecular weight excluding hydrogens is 275 g/mol. The van der Waals surface area contributed by atoms with Crippen LogP contribution in [0.1, 0.15) is 23.7 Å². The highest BCUT2D eigenvalue weighted by Gasteiger charge is 2.25. The second kappa shape index (κ2) is 6.27. The Bertz CT molecular complexity index is 526. The molecule has 0 aliphatic rings. The van der Waals surface area contributed by atoms with E-state index in [4.69, 9.17) is 10.9 Å². The number of amidine groups is 1. The summed E-state index contributed by atoms with van der Waals surface area (Å²) < 4.78 is 39.8. The Labute approximate surface area is 113 Å². The molecule has 1 unspecified atom stereocenters. The van der Waals surface area contributed by atoms with Gasteiger partial charge in [-0.3, -0.25) is 4.79 Å². The Morgan fingerprint density at radius 3 is 2.35 bits per heavy atom. The van der Waals surface area contributed by atoms with Crippen LogP contribution in [0.15, 0.2) is 17.3 Å². The van der Waals surface area contributed by atoms with Gasteiger partial charge in [0.2, 0.25) is 0 Å². The predicted molar refractivity (Wildman–Crippen MR) is 65.9 cm³/mol. The summed E-state index contributed by atoms with van der Waals surface area (Å²) in [6.07, 6.45) is 0.0170. The van der Waals surface area contributed by atoms with Crippen molar-refractivity contribution in [2.24, 2.45) is 10.9 Å². The van der Waals surface area contributed by atoms with E-state index in [1.807, 2.05) is 0 Å². The van der Waals surface area contributed by atoms with Gasteiger partial charge < -0.3 is 15.8 Å². The molecule has 0 aliphatic carbocycles. The molecule has 0 aromatic heterocycles. The van der Waals surface area contributed by atoms with Gasteiger partial charge >= 0.3 is 0 Å². The van der Waals surface area contributed by atoms with Gasteiger partial charge in [0.05, 0.1) is 0 Å². The van der Waals surface area contributed by atoms with Crippen molar-refractivity contribution in [2.45, 2.75) is 19.4 Å². The van der Waals surface area contributed by atoms with Gasteiger partial charge in [-0.15, -0.1) is 0 Å². The molecule has 0 spiro atoms. The summed E-state index contributed by atoms with van der Waals surface area (Å²) in [4.78, 5) is 13.0. The number of nitrogens with two attached hydrogens (primary N) is 1. The maximum absolute atomic E-state index is 13.5. The first-order chi connectivity index (χ1) is 9.27. The second-order valence-corrected chi connectivity index (χ2v) is 4.30. The van der Waals surface area contributed by atoms with E-state index in [0.29, 0.717) is 12.1 Å². The third-order valence-electron chi connectivity index (χ3n) is 2.84. The maximum atomic E-state index is 13.5. The van der Waals surface area contributed by atoms with Gasteiger partial charge in [-0.05, 0) is 6.92 Å². The zero-order chi connectivity index (χ0) is 15.4. The van der Waals surface area contributed by atoms with E-state index in [1.165, 1.54) is 7.05 Å². The lowest BCUT2D eigenvalue weighted by Crippen LogP contribution is -2.38. The monoisotopic (exact) mass is 289 g/mol. The van der Waals surface area contributed by atoms with Crippen molar-refractivity contribution in [3.8, 4) is 0 Å². The van der Waals surface area contributed by atoms with Crippen LogP contribution in [-0.4, -0.2) is 34.9 Å². The van der Waals surface area contributed by atoms with Gasteiger partial charge in [0.25, 0.3) is 5.91 Å². The number of hydrogen-bond donors (Lipinski definition) is 2. The Balaban J connectivity index is 3.01. The highest BCUT2D eigenvalue weighted by Crippen LogP contribution is 2.18. The van der Waals surface area contributed by atoms with Gasteiger partial charge in [-0.25, -0.2) is 13.2 Å². The van der Waals surface area contributed by atoms with Crippen LogP contribution in [0.25, 0.3) is 0 Å². The molecule has 1 aromatic carbocycles. The third-order valence-corrected chi connectivity index (χ3v) is 2.84. The van der Waals surface area contributed by atoms with Crippen molar-refractivity contribution in [1.29, 1.82) is 0 Å². The minimum atomic E-state index is -1.28. The molecule has 1 rings (SSSR count). The standard InChI is InChI=1S/C12H14F3N3O2/c1-6(3-10(16)17-20)18(2)12(19)11-8(14)4-7(13)5-9(11)15/h4-6,20H,3H2,1-2H3,(H2,16,17). The average molecular weight is 289 g/mol. The number of hydrogen-bond acceptors (Lipinski definition) is 3. The Hall–Kier alpha value is -2.25. The molecule has 0 saturated carbocycles. The van der Waals surface area contributed by atoms with Crippen molar-refractivity contribution >= 4 is 11.7 Å². The molecule has 0 heterocycles. The van der Waals surface area contributed by atoms with Crippen LogP contribution in [0, 0.1) is 17.5 Å². The van der Waals surface area contributed by atoms with Crippen LogP contribution >= 0.6 is 0 Å². The molecule has 0 aliphatic heterocycles. The number of rotatable bonds is 4. The molecule has 0 saturated heterocycles. The maximum Gasteiger partial charge on any atom is 0.259 e. The fourth-order valence-electron chi connectivity index (χ4n) is 1.60. The van der Waals surface area contributed by atoms with E-state index >= 15 is 0 Å². The second-order valence-electron chi connectivity index (χ2n) is 4.30. The molecule has 5 nitrogen and oxygen atoms in total. The van der Waals surface area contributed by atoms with Gasteiger partial charge in [0.1, 0.15) is 28.9 Å². The van der Waals surface area contributed by atoms with Crippen molar-refractivity contribution in [2.75, 3.05) is 7.05 Å². The summed E-state index contributed by atoms with van der Waals surface area (Å²) >= 11 is 0. The zero-order valence-corrected chi connectivity index (χ0v) is 10.9. The zero-order valence-electron chi connectivity index (χ0n) is 10.9. The van der Waals surface area contributed by atoms with Crippen molar-refractivity contribution in [1.82, 2.24) is 4.90 Å². The Morgan fingerprint density at radius 1 is 1.40 bits per heavy atom. The van der Waals surface area contributed by atoms with Gasteiger partial charge in [0, 0.05) is 31.6 Å². The van der Waals surface area contributed by atoms with Gasteiger partial charge in [0.15, 0.2) is 0 Å². The van der Waals surface area contributed by atoms with Crippen molar-refractivity contribution in [3.05, 3.63) is 35.1 Å². The van der Waals surface area contributed by atoms with Gasteiger partial charge in [-0.2, -0.15) is 0 Å². The van der Waals surface area contributed by atoms with Crippen LogP contribution < -0.4 is 5.73 Å². The molecule has 0 bridgehead atoms. The smallest absolute Gasteiger partial charge is 0.259 e.